The Morgan fingerprint density at radius 1 is 1.57 bits per heavy atom. The van der Waals surface area contributed by atoms with Gasteiger partial charge < -0.3 is 10.9 Å². The molecule has 0 aromatic heterocycles. The first kappa shape index (κ1) is 9.80. The van der Waals surface area contributed by atoms with Crippen LogP contribution in [0.15, 0.2) is 0 Å². The summed E-state index contributed by atoms with van der Waals surface area (Å²) in [7, 11) is 0. The number of rotatable bonds is 2. The Morgan fingerprint density at radius 3 is 2.00 bits per heavy atom. The summed E-state index contributed by atoms with van der Waals surface area (Å²) in [4.78, 5) is 10.0. The lowest BCUT2D eigenvalue weighted by Gasteiger charge is -1.80. The summed E-state index contributed by atoms with van der Waals surface area (Å²) >= 11 is 0. The SMILES string of the molecule is CCCC(C)=O.N. The van der Waals surface area contributed by atoms with E-state index < -0.39 is 0 Å². The molecule has 0 unspecified atom stereocenters. The number of hydrogen-bond acceptors (Lipinski definition) is 2. The summed E-state index contributed by atoms with van der Waals surface area (Å²) in [6.45, 7) is 3.62. The molecule has 7 heavy (non-hydrogen) atoms. The fraction of sp³-hybridized carbons (Fsp3) is 0.800. The van der Waals surface area contributed by atoms with Crippen LogP contribution >= 0.6 is 0 Å². The van der Waals surface area contributed by atoms with Crippen molar-refractivity contribution in [1.82, 2.24) is 6.15 Å². The van der Waals surface area contributed by atoms with Gasteiger partial charge in [0.15, 0.2) is 0 Å². The van der Waals surface area contributed by atoms with Crippen molar-refractivity contribution in [3.05, 3.63) is 0 Å². The van der Waals surface area contributed by atoms with Crippen molar-refractivity contribution in [3.8, 4) is 0 Å². The zero-order chi connectivity index (χ0) is 4.99. The summed E-state index contributed by atoms with van der Waals surface area (Å²) in [6.07, 6.45) is 1.72. The van der Waals surface area contributed by atoms with E-state index in [2.05, 4.69) is 0 Å². The van der Waals surface area contributed by atoms with Crippen molar-refractivity contribution < 1.29 is 4.79 Å². The standard InChI is InChI=1S/C5H10O.H3N/c1-3-4-5(2)6;/h3-4H2,1-2H3;1H3. The topological polar surface area (TPSA) is 52.1 Å². The van der Waals surface area contributed by atoms with Gasteiger partial charge in [0.05, 0.1) is 0 Å². The van der Waals surface area contributed by atoms with E-state index in [9.17, 15) is 4.79 Å². The van der Waals surface area contributed by atoms with Crippen molar-refractivity contribution >= 4 is 5.78 Å². The van der Waals surface area contributed by atoms with Crippen LogP contribution in [0.2, 0.25) is 0 Å². The van der Waals surface area contributed by atoms with Gasteiger partial charge in [0.1, 0.15) is 5.78 Å². The fourth-order valence-electron chi connectivity index (χ4n) is 0.352. The third-order valence-corrected chi connectivity index (χ3v) is 0.602. The van der Waals surface area contributed by atoms with E-state index in [0.717, 1.165) is 12.8 Å². The lowest BCUT2D eigenvalue weighted by Crippen LogP contribution is -1.84. The van der Waals surface area contributed by atoms with Gasteiger partial charge in [-0.3, -0.25) is 0 Å². The molecular formula is C5H13NO. The minimum Gasteiger partial charge on any atom is -0.344 e. The minimum atomic E-state index is 0. The Kier molecular flexibility index (Phi) is 7.88. The number of Topliss-reactive ketones (excluding diaryl/α,β-unsaturated/α-hetero) is 1. The summed E-state index contributed by atoms with van der Waals surface area (Å²) in [5, 5.41) is 0. The predicted octanol–water partition coefficient (Wildman–Crippen LogP) is 1.54. The Morgan fingerprint density at radius 2 is 2.00 bits per heavy atom. The van der Waals surface area contributed by atoms with E-state index in [1.54, 1.807) is 6.92 Å². The van der Waals surface area contributed by atoms with Crippen LogP contribution < -0.4 is 6.15 Å². The molecule has 3 N–H and O–H groups in total. The molecule has 0 bridgehead atoms. The summed E-state index contributed by atoms with van der Waals surface area (Å²) < 4.78 is 0. The molecule has 0 rings (SSSR count). The molecule has 0 aromatic rings. The predicted molar refractivity (Wildman–Crippen MR) is 30.6 cm³/mol. The molecule has 0 aliphatic rings. The van der Waals surface area contributed by atoms with Crippen LogP contribution in [0, 0.1) is 0 Å². The van der Waals surface area contributed by atoms with Gasteiger partial charge in [0.25, 0.3) is 0 Å². The molecule has 0 aliphatic heterocycles. The van der Waals surface area contributed by atoms with Crippen LogP contribution in [0.25, 0.3) is 0 Å². The normalized spacial score (nSPS) is 7.14. The molecule has 0 spiro atoms. The van der Waals surface area contributed by atoms with Crippen molar-refractivity contribution in [1.29, 1.82) is 0 Å². The first-order chi connectivity index (χ1) is 2.77. The molecule has 0 atom stereocenters. The molecule has 0 radical (unpaired) electrons. The highest BCUT2D eigenvalue weighted by Gasteiger charge is 1.83. The molecule has 0 saturated carbocycles. The molecule has 44 valence electrons. The number of ketones is 1. The second-order valence-electron chi connectivity index (χ2n) is 1.45. The first-order valence-electron chi connectivity index (χ1n) is 2.26. The molecule has 0 heterocycles. The molecule has 2 heteroatoms. The van der Waals surface area contributed by atoms with Gasteiger partial charge in [-0.05, 0) is 13.3 Å². The van der Waals surface area contributed by atoms with Crippen molar-refractivity contribution in [2.24, 2.45) is 0 Å². The van der Waals surface area contributed by atoms with Crippen LogP contribution in [0.1, 0.15) is 26.7 Å². The summed E-state index contributed by atoms with van der Waals surface area (Å²) in [5.74, 6) is 0.289. The Labute approximate surface area is 44.5 Å². The molecule has 0 aromatic carbocycles. The van der Waals surface area contributed by atoms with Crippen molar-refractivity contribution in [3.63, 3.8) is 0 Å². The van der Waals surface area contributed by atoms with Crippen LogP contribution in [-0.2, 0) is 4.79 Å². The third-order valence-electron chi connectivity index (χ3n) is 0.602. The zero-order valence-electron chi connectivity index (χ0n) is 5.03. The highest BCUT2D eigenvalue weighted by molar-refractivity contribution is 5.75. The molecule has 2 nitrogen and oxygen atoms in total. The molecule has 0 aliphatic carbocycles. The van der Waals surface area contributed by atoms with Gasteiger partial charge in [-0.1, -0.05) is 6.92 Å². The van der Waals surface area contributed by atoms with E-state index >= 15 is 0 Å². The van der Waals surface area contributed by atoms with Crippen LogP contribution in [0.5, 0.6) is 0 Å². The second kappa shape index (κ2) is 5.63. The quantitative estimate of drug-likeness (QED) is 0.576. The van der Waals surface area contributed by atoms with Crippen LogP contribution in [0.3, 0.4) is 0 Å². The third kappa shape index (κ3) is 10.7. The fourth-order valence-corrected chi connectivity index (χ4v) is 0.352. The van der Waals surface area contributed by atoms with E-state index in [-0.39, 0.29) is 11.9 Å². The van der Waals surface area contributed by atoms with Crippen molar-refractivity contribution in [2.45, 2.75) is 26.7 Å². The average Bonchev–Trinajstić information content (AvgIpc) is 1.35. The smallest absolute Gasteiger partial charge is 0.129 e. The molecule has 0 fully saturated rings. The zero-order valence-corrected chi connectivity index (χ0v) is 5.03. The number of carbonyl (C=O) groups excluding carboxylic acids is 1. The summed E-state index contributed by atoms with van der Waals surface area (Å²) in [6, 6.07) is 0. The highest BCUT2D eigenvalue weighted by atomic mass is 16.1. The Balaban J connectivity index is 0. The van der Waals surface area contributed by atoms with Gasteiger partial charge in [0.2, 0.25) is 0 Å². The van der Waals surface area contributed by atoms with E-state index in [0.29, 0.717) is 0 Å². The second-order valence-corrected chi connectivity index (χ2v) is 1.45. The lowest BCUT2D eigenvalue weighted by atomic mass is 10.3. The summed E-state index contributed by atoms with van der Waals surface area (Å²) in [5.41, 5.74) is 0. The molecular weight excluding hydrogens is 90.1 g/mol. The monoisotopic (exact) mass is 103 g/mol. The van der Waals surface area contributed by atoms with Crippen LogP contribution in [0.4, 0.5) is 0 Å². The Bertz CT molecular complexity index is 52.0. The van der Waals surface area contributed by atoms with E-state index in [1.807, 2.05) is 6.92 Å². The maximum Gasteiger partial charge on any atom is 0.129 e. The number of carbonyl (C=O) groups is 1. The highest BCUT2D eigenvalue weighted by Crippen LogP contribution is 1.84. The van der Waals surface area contributed by atoms with E-state index in [1.165, 1.54) is 0 Å². The lowest BCUT2D eigenvalue weighted by molar-refractivity contribution is -0.117. The van der Waals surface area contributed by atoms with Crippen LogP contribution in [-0.4, -0.2) is 5.78 Å². The Hall–Kier alpha value is -0.370. The largest absolute Gasteiger partial charge is 0.344 e. The van der Waals surface area contributed by atoms with Gasteiger partial charge in [0, 0.05) is 6.42 Å². The van der Waals surface area contributed by atoms with Gasteiger partial charge >= 0.3 is 0 Å². The molecule has 0 amide bonds. The maximum absolute atomic E-state index is 10.0. The van der Waals surface area contributed by atoms with E-state index in [4.69, 9.17) is 0 Å². The first-order valence-corrected chi connectivity index (χ1v) is 2.26. The average molecular weight is 103 g/mol. The van der Waals surface area contributed by atoms with Crippen molar-refractivity contribution in [2.75, 3.05) is 0 Å². The van der Waals surface area contributed by atoms with Gasteiger partial charge in [-0.15, -0.1) is 0 Å². The minimum absolute atomic E-state index is 0. The molecule has 0 saturated heterocycles. The number of hydrogen-bond donors (Lipinski definition) is 1. The van der Waals surface area contributed by atoms with Gasteiger partial charge in [-0.2, -0.15) is 0 Å². The maximum atomic E-state index is 10.0. The van der Waals surface area contributed by atoms with Gasteiger partial charge in [-0.25, -0.2) is 0 Å².